The second-order valence-electron chi connectivity index (χ2n) is 3.12. The van der Waals surface area contributed by atoms with Crippen LogP contribution in [0.25, 0.3) is 0 Å². The van der Waals surface area contributed by atoms with Gasteiger partial charge in [-0.1, -0.05) is 0 Å². The van der Waals surface area contributed by atoms with Crippen molar-refractivity contribution in [2.24, 2.45) is 0 Å². The Balaban J connectivity index is 2.16. The second kappa shape index (κ2) is 3.18. The van der Waals surface area contributed by atoms with E-state index in [2.05, 4.69) is 5.32 Å². The van der Waals surface area contributed by atoms with Crippen LogP contribution < -0.4 is 5.32 Å². The zero-order chi connectivity index (χ0) is 9.26. The Labute approximate surface area is 74.9 Å². The van der Waals surface area contributed by atoms with Crippen LogP contribution in [0, 0.1) is 10.1 Å². The summed E-state index contributed by atoms with van der Waals surface area (Å²) in [5, 5.41) is 13.5. The number of nitrogens with one attached hydrogen (secondary N) is 1. The molecule has 1 aliphatic rings. The number of furan rings is 1. The Bertz CT molecular complexity index is 315. The minimum atomic E-state index is -0.508. The van der Waals surface area contributed by atoms with E-state index in [1.54, 1.807) is 6.07 Å². The summed E-state index contributed by atoms with van der Waals surface area (Å²) < 4.78 is 5.09. The first-order valence-corrected chi connectivity index (χ1v) is 4.22. The zero-order valence-corrected chi connectivity index (χ0v) is 7.03. The molecule has 1 aliphatic heterocycles. The van der Waals surface area contributed by atoms with Crippen molar-refractivity contribution in [3.8, 4) is 0 Å². The fourth-order valence-electron chi connectivity index (χ4n) is 1.56. The molecule has 5 nitrogen and oxygen atoms in total. The van der Waals surface area contributed by atoms with Gasteiger partial charge in [0.1, 0.15) is 10.7 Å². The third kappa shape index (κ3) is 1.55. The lowest BCUT2D eigenvalue weighted by molar-refractivity contribution is -0.402. The molecule has 1 atom stereocenters. The van der Waals surface area contributed by atoms with Gasteiger partial charge in [-0.2, -0.15) is 0 Å². The predicted octanol–water partition coefficient (Wildman–Crippen LogP) is 1.26. The van der Waals surface area contributed by atoms with Gasteiger partial charge in [0.2, 0.25) is 0 Å². The minimum absolute atomic E-state index is 0.165. The second-order valence-corrected chi connectivity index (χ2v) is 3.12. The van der Waals surface area contributed by atoms with E-state index in [4.69, 9.17) is 4.42 Å². The van der Waals surface area contributed by atoms with E-state index in [9.17, 15) is 10.1 Å². The zero-order valence-electron chi connectivity index (χ0n) is 7.03. The molecule has 2 rings (SSSR count). The average Bonchev–Trinajstić information content (AvgIpc) is 2.75. The first kappa shape index (κ1) is 8.25. The highest BCUT2D eigenvalue weighted by Gasteiger charge is 2.22. The fraction of sp³-hybridized carbons (Fsp3) is 0.500. The number of hydrogen-bond acceptors (Lipinski definition) is 4. The van der Waals surface area contributed by atoms with Crippen molar-refractivity contribution < 1.29 is 9.34 Å². The van der Waals surface area contributed by atoms with Crippen molar-refractivity contribution in [1.82, 2.24) is 5.32 Å². The van der Waals surface area contributed by atoms with Crippen LogP contribution in [0.2, 0.25) is 0 Å². The summed E-state index contributed by atoms with van der Waals surface area (Å²) >= 11 is 0. The van der Waals surface area contributed by atoms with Gasteiger partial charge in [0.15, 0.2) is 0 Å². The first-order valence-electron chi connectivity index (χ1n) is 4.22. The van der Waals surface area contributed by atoms with Crippen LogP contribution in [-0.2, 0) is 0 Å². The summed E-state index contributed by atoms with van der Waals surface area (Å²) in [6.45, 7) is 1.81. The molecule has 1 unspecified atom stereocenters. The van der Waals surface area contributed by atoms with Crippen LogP contribution in [0.4, 0.5) is 5.88 Å². The lowest BCUT2D eigenvalue weighted by Crippen LogP contribution is -2.07. The molecule has 0 aliphatic carbocycles. The lowest BCUT2D eigenvalue weighted by atomic mass is 10.1. The lowest BCUT2D eigenvalue weighted by Gasteiger charge is -2.01. The third-order valence-electron chi connectivity index (χ3n) is 2.26. The van der Waals surface area contributed by atoms with Crippen LogP contribution in [0.5, 0.6) is 0 Å². The van der Waals surface area contributed by atoms with E-state index < -0.39 is 4.92 Å². The number of rotatable bonds is 2. The molecule has 0 saturated carbocycles. The van der Waals surface area contributed by atoms with Crippen LogP contribution in [0.15, 0.2) is 16.5 Å². The third-order valence-corrected chi connectivity index (χ3v) is 2.26. The van der Waals surface area contributed by atoms with Gasteiger partial charge >= 0.3 is 5.88 Å². The van der Waals surface area contributed by atoms with Crippen molar-refractivity contribution in [2.75, 3.05) is 13.1 Å². The molecule has 1 saturated heterocycles. The molecular formula is C8H10N2O3. The maximum absolute atomic E-state index is 10.3. The SMILES string of the molecule is O=[N+]([O-])c1ccc(C2CCNC2)o1. The molecule has 0 bridgehead atoms. The van der Waals surface area contributed by atoms with Crippen molar-refractivity contribution in [3.05, 3.63) is 28.0 Å². The van der Waals surface area contributed by atoms with Gasteiger partial charge in [-0.3, -0.25) is 10.1 Å². The summed E-state index contributed by atoms with van der Waals surface area (Å²) in [7, 11) is 0. The molecule has 13 heavy (non-hydrogen) atoms. The summed E-state index contributed by atoms with van der Waals surface area (Å²) in [4.78, 5) is 9.82. The number of nitro groups is 1. The molecule has 0 radical (unpaired) electrons. The molecule has 0 amide bonds. The van der Waals surface area contributed by atoms with Gasteiger partial charge in [0, 0.05) is 12.5 Å². The average molecular weight is 182 g/mol. The Morgan fingerprint density at radius 2 is 2.46 bits per heavy atom. The quantitative estimate of drug-likeness (QED) is 0.552. The van der Waals surface area contributed by atoms with E-state index >= 15 is 0 Å². The van der Waals surface area contributed by atoms with Crippen molar-refractivity contribution in [3.63, 3.8) is 0 Å². The van der Waals surface area contributed by atoms with Gasteiger partial charge in [-0.25, -0.2) is 0 Å². The molecule has 70 valence electrons. The van der Waals surface area contributed by atoms with Gasteiger partial charge in [0.05, 0.1) is 6.07 Å². The molecule has 1 N–H and O–H groups in total. The van der Waals surface area contributed by atoms with Gasteiger partial charge in [-0.15, -0.1) is 0 Å². The van der Waals surface area contributed by atoms with Crippen LogP contribution in [-0.4, -0.2) is 18.0 Å². The molecule has 0 aromatic carbocycles. The highest BCUT2D eigenvalue weighted by atomic mass is 16.6. The van der Waals surface area contributed by atoms with Crippen molar-refractivity contribution >= 4 is 5.88 Å². The topological polar surface area (TPSA) is 68.3 Å². The van der Waals surface area contributed by atoms with E-state index in [-0.39, 0.29) is 5.88 Å². The maximum atomic E-state index is 10.3. The van der Waals surface area contributed by atoms with Crippen LogP contribution >= 0.6 is 0 Å². The Morgan fingerprint density at radius 1 is 1.62 bits per heavy atom. The van der Waals surface area contributed by atoms with Crippen molar-refractivity contribution in [1.29, 1.82) is 0 Å². The van der Waals surface area contributed by atoms with E-state index in [1.165, 1.54) is 6.07 Å². The van der Waals surface area contributed by atoms with Gasteiger partial charge in [0.25, 0.3) is 0 Å². The Hall–Kier alpha value is -1.36. The number of nitrogens with zero attached hydrogens (tertiary/aromatic N) is 1. The summed E-state index contributed by atoms with van der Waals surface area (Å²) in [5.41, 5.74) is 0. The molecule has 5 heteroatoms. The standard InChI is InChI=1S/C8H10N2O3/c11-10(12)8-2-1-7(13-8)6-3-4-9-5-6/h1-2,6,9H,3-5H2. The van der Waals surface area contributed by atoms with E-state index in [1.807, 2.05) is 0 Å². The minimum Gasteiger partial charge on any atom is -0.406 e. The summed E-state index contributed by atoms with van der Waals surface area (Å²) in [5.74, 6) is 0.854. The normalized spacial score (nSPS) is 22.0. The smallest absolute Gasteiger partial charge is 0.406 e. The van der Waals surface area contributed by atoms with Gasteiger partial charge in [-0.05, 0) is 19.0 Å². The number of hydrogen-bond donors (Lipinski definition) is 1. The summed E-state index contributed by atoms with van der Waals surface area (Å²) in [6.07, 6.45) is 0.991. The molecule has 0 spiro atoms. The molecule has 1 aromatic heterocycles. The monoisotopic (exact) mass is 182 g/mol. The van der Waals surface area contributed by atoms with Crippen LogP contribution in [0.3, 0.4) is 0 Å². The Kier molecular flexibility index (Phi) is 2.02. The largest absolute Gasteiger partial charge is 0.433 e. The highest BCUT2D eigenvalue weighted by molar-refractivity contribution is 5.21. The Morgan fingerprint density at radius 3 is 3.00 bits per heavy atom. The highest BCUT2D eigenvalue weighted by Crippen LogP contribution is 2.26. The van der Waals surface area contributed by atoms with Gasteiger partial charge < -0.3 is 9.73 Å². The molecule has 1 aromatic rings. The molecular weight excluding hydrogens is 172 g/mol. The maximum Gasteiger partial charge on any atom is 0.433 e. The fourth-order valence-corrected chi connectivity index (χ4v) is 1.56. The summed E-state index contributed by atoms with van der Waals surface area (Å²) in [6, 6.07) is 3.10. The van der Waals surface area contributed by atoms with E-state index in [0.29, 0.717) is 5.92 Å². The first-order chi connectivity index (χ1) is 6.27. The predicted molar refractivity (Wildman–Crippen MR) is 45.6 cm³/mol. The van der Waals surface area contributed by atoms with E-state index in [0.717, 1.165) is 25.3 Å². The molecule has 2 heterocycles. The van der Waals surface area contributed by atoms with Crippen LogP contribution in [0.1, 0.15) is 18.1 Å². The van der Waals surface area contributed by atoms with Crippen molar-refractivity contribution in [2.45, 2.75) is 12.3 Å². The molecule has 1 fully saturated rings.